The molecule has 0 aromatic heterocycles. The highest BCUT2D eigenvalue weighted by Gasteiger charge is 1.95. The van der Waals surface area contributed by atoms with Crippen LogP contribution in [0.3, 0.4) is 0 Å². The summed E-state index contributed by atoms with van der Waals surface area (Å²) >= 11 is 0. The van der Waals surface area contributed by atoms with Crippen LogP contribution in [0.4, 0.5) is 0 Å². The lowest BCUT2D eigenvalue weighted by atomic mass is 10.0. The Bertz CT molecular complexity index is 360. The molecule has 0 saturated carbocycles. The summed E-state index contributed by atoms with van der Waals surface area (Å²) in [5.41, 5.74) is 0. The van der Waals surface area contributed by atoms with Crippen LogP contribution < -0.4 is 4.74 Å². The zero-order valence-corrected chi connectivity index (χ0v) is 16.8. The van der Waals surface area contributed by atoms with E-state index in [-0.39, 0.29) is 0 Å². The van der Waals surface area contributed by atoms with Gasteiger partial charge in [0.05, 0.1) is 6.61 Å². The van der Waals surface area contributed by atoms with Crippen molar-refractivity contribution in [2.75, 3.05) is 6.61 Å². The van der Waals surface area contributed by atoms with Gasteiger partial charge < -0.3 is 4.74 Å². The fraction of sp³-hybridized carbons (Fsp3) is 0.750. The zero-order valence-electron chi connectivity index (χ0n) is 16.8. The Hall–Kier alpha value is -0.980. The van der Waals surface area contributed by atoms with E-state index in [9.17, 15) is 0 Å². The van der Waals surface area contributed by atoms with Gasteiger partial charge in [0.25, 0.3) is 0 Å². The van der Waals surface area contributed by atoms with Gasteiger partial charge in [-0.1, -0.05) is 121 Å². The van der Waals surface area contributed by atoms with Crippen molar-refractivity contribution in [2.45, 2.75) is 110 Å². The first-order valence-electron chi connectivity index (χ1n) is 11.1. The van der Waals surface area contributed by atoms with Crippen LogP contribution in [-0.2, 0) is 0 Å². The molecule has 0 spiro atoms. The van der Waals surface area contributed by atoms with E-state index in [0.29, 0.717) is 0 Å². The Morgan fingerprint density at radius 3 is 1.36 bits per heavy atom. The van der Waals surface area contributed by atoms with Crippen molar-refractivity contribution in [3.63, 3.8) is 0 Å². The minimum atomic E-state index is 0.864. The molecule has 1 heteroatoms. The van der Waals surface area contributed by atoms with Gasteiger partial charge in [-0.15, -0.1) is 0 Å². The van der Waals surface area contributed by atoms with Gasteiger partial charge in [0.2, 0.25) is 0 Å². The molecular weight excluding hydrogens is 304 g/mol. The van der Waals surface area contributed by atoms with Crippen LogP contribution in [0.1, 0.15) is 110 Å². The van der Waals surface area contributed by atoms with Crippen LogP contribution in [0.25, 0.3) is 0 Å². The molecular formula is C24H42O. The van der Waals surface area contributed by atoms with Gasteiger partial charge >= 0.3 is 0 Å². The van der Waals surface area contributed by atoms with Crippen LogP contribution in [0.15, 0.2) is 30.3 Å². The number of rotatable bonds is 18. The van der Waals surface area contributed by atoms with Gasteiger partial charge in [-0.25, -0.2) is 0 Å². The van der Waals surface area contributed by atoms with Gasteiger partial charge in [0.15, 0.2) is 0 Å². The number of hydrogen-bond donors (Lipinski definition) is 0. The molecule has 144 valence electrons. The van der Waals surface area contributed by atoms with E-state index in [1.165, 1.54) is 103 Å². The number of hydrogen-bond acceptors (Lipinski definition) is 1. The Morgan fingerprint density at radius 1 is 0.520 bits per heavy atom. The monoisotopic (exact) mass is 346 g/mol. The van der Waals surface area contributed by atoms with E-state index in [4.69, 9.17) is 4.74 Å². The molecule has 0 fully saturated rings. The highest BCUT2D eigenvalue weighted by Crippen LogP contribution is 2.14. The molecule has 0 aliphatic carbocycles. The maximum atomic E-state index is 5.73. The lowest BCUT2D eigenvalue weighted by Crippen LogP contribution is -1.96. The first kappa shape index (κ1) is 22.1. The zero-order chi connectivity index (χ0) is 17.8. The maximum Gasteiger partial charge on any atom is 0.119 e. The molecule has 1 rings (SSSR count). The standard InChI is InChI=1S/C24H42O/c1-2-3-4-5-6-7-8-9-10-11-12-13-14-15-16-20-23-25-24-21-18-17-19-22-24/h17-19,21-22H,2-16,20,23H2,1H3. The van der Waals surface area contributed by atoms with Crippen LogP contribution in [0.5, 0.6) is 5.75 Å². The third-order valence-corrected chi connectivity index (χ3v) is 5.01. The topological polar surface area (TPSA) is 9.23 Å². The molecule has 1 nitrogen and oxygen atoms in total. The largest absolute Gasteiger partial charge is 0.494 e. The average molecular weight is 347 g/mol. The summed E-state index contributed by atoms with van der Waals surface area (Å²) in [6, 6.07) is 10.2. The van der Waals surface area contributed by atoms with Crippen molar-refractivity contribution in [2.24, 2.45) is 0 Å². The van der Waals surface area contributed by atoms with Gasteiger partial charge in [0.1, 0.15) is 5.75 Å². The predicted molar refractivity (Wildman–Crippen MR) is 111 cm³/mol. The summed E-state index contributed by atoms with van der Waals surface area (Å²) in [5.74, 6) is 1.00. The van der Waals surface area contributed by atoms with Gasteiger partial charge in [0, 0.05) is 0 Å². The summed E-state index contributed by atoms with van der Waals surface area (Å²) in [4.78, 5) is 0. The molecule has 0 heterocycles. The van der Waals surface area contributed by atoms with E-state index < -0.39 is 0 Å². The number of unbranched alkanes of at least 4 members (excludes halogenated alkanes) is 15. The van der Waals surface area contributed by atoms with E-state index in [2.05, 4.69) is 6.92 Å². The van der Waals surface area contributed by atoms with Crippen LogP contribution in [0.2, 0.25) is 0 Å². The summed E-state index contributed by atoms with van der Waals surface area (Å²) in [6.07, 6.45) is 22.6. The van der Waals surface area contributed by atoms with Crippen LogP contribution in [-0.4, -0.2) is 6.61 Å². The minimum absolute atomic E-state index is 0.864. The van der Waals surface area contributed by atoms with Crippen molar-refractivity contribution < 1.29 is 4.74 Å². The average Bonchev–Trinajstić information content (AvgIpc) is 2.65. The van der Waals surface area contributed by atoms with Crippen molar-refractivity contribution in [1.29, 1.82) is 0 Å². The Kier molecular flexibility index (Phi) is 15.7. The molecule has 0 amide bonds. The smallest absolute Gasteiger partial charge is 0.119 e. The molecule has 0 unspecified atom stereocenters. The third-order valence-electron chi connectivity index (χ3n) is 5.01. The molecule has 0 saturated heterocycles. The fourth-order valence-corrected chi connectivity index (χ4v) is 3.36. The molecule has 0 aliphatic rings. The highest BCUT2D eigenvalue weighted by atomic mass is 16.5. The molecule has 0 aliphatic heterocycles. The first-order chi connectivity index (χ1) is 12.4. The number of ether oxygens (including phenoxy) is 1. The number of para-hydroxylation sites is 1. The summed E-state index contributed by atoms with van der Waals surface area (Å²) < 4.78 is 5.73. The molecule has 1 aromatic rings. The molecule has 25 heavy (non-hydrogen) atoms. The van der Waals surface area contributed by atoms with Crippen molar-refractivity contribution in [3.8, 4) is 5.75 Å². The number of benzene rings is 1. The fourth-order valence-electron chi connectivity index (χ4n) is 3.36. The Balaban J connectivity index is 1.69. The molecule has 1 aromatic carbocycles. The summed E-state index contributed by atoms with van der Waals surface area (Å²) in [5, 5.41) is 0. The van der Waals surface area contributed by atoms with Crippen molar-refractivity contribution >= 4 is 0 Å². The van der Waals surface area contributed by atoms with Crippen molar-refractivity contribution in [1.82, 2.24) is 0 Å². The maximum absolute atomic E-state index is 5.73. The van der Waals surface area contributed by atoms with E-state index in [1.54, 1.807) is 0 Å². The highest BCUT2D eigenvalue weighted by molar-refractivity contribution is 5.20. The third kappa shape index (κ3) is 15.0. The molecule has 0 N–H and O–H groups in total. The Labute approximate surface area is 157 Å². The lowest BCUT2D eigenvalue weighted by molar-refractivity contribution is 0.304. The van der Waals surface area contributed by atoms with E-state index in [1.807, 2.05) is 30.3 Å². The Morgan fingerprint density at radius 2 is 0.920 bits per heavy atom. The minimum Gasteiger partial charge on any atom is -0.494 e. The lowest BCUT2D eigenvalue weighted by Gasteiger charge is -2.06. The summed E-state index contributed by atoms with van der Waals surface area (Å²) in [6.45, 7) is 3.16. The van der Waals surface area contributed by atoms with E-state index in [0.717, 1.165) is 12.4 Å². The SMILES string of the molecule is CCCCCCCCCCCCCCCCCCOc1ccccc1. The van der Waals surface area contributed by atoms with Gasteiger partial charge in [-0.05, 0) is 18.6 Å². The molecule has 0 radical (unpaired) electrons. The van der Waals surface area contributed by atoms with Crippen molar-refractivity contribution in [3.05, 3.63) is 30.3 Å². The molecule has 0 bridgehead atoms. The first-order valence-corrected chi connectivity index (χ1v) is 11.1. The second-order valence-electron chi connectivity index (χ2n) is 7.46. The second-order valence-corrected chi connectivity index (χ2v) is 7.46. The van der Waals surface area contributed by atoms with Crippen LogP contribution in [0, 0.1) is 0 Å². The predicted octanol–water partition coefficient (Wildman–Crippen LogP) is 8.33. The van der Waals surface area contributed by atoms with Gasteiger partial charge in [-0.2, -0.15) is 0 Å². The van der Waals surface area contributed by atoms with E-state index >= 15 is 0 Å². The van der Waals surface area contributed by atoms with Gasteiger partial charge in [-0.3, -0.25) is 0 Å². The quantitative estimate of drug-likeness (QED) is 0.243. The normalized spacial score (nSPS) is 10.9. The van der Waals surface area contributed by atoms with Crippen LogP contribution >= 0.6 is 0 Å². The molecule has 0 atom stereocenters. The second kappa shape index (κ2) is 17.8. The summed E-state index contributed by atoms with van der Waals surface area (Å²) in [7, 11) is 0.